The van der Waals surface area contributed by atoms with Crippen molar-refractivity contribution in [2.75, 3.05) is 21.3 Å². The molecule has 2 N–H and O–H groups in total. The van der Waals surface area contributed by atoms with Crippen LogP contribution in [-0.4, -0.2) is 32.2 Å². The van der Waals surface area contributed by atoms with Gasteiger partial charge in [-0.3, -0.25) is 4.99 Å². The molecule has 0 spiro atoms. The van der Waals surface area contributed by atoms with Crippen molar-refractivity contribution in [3.05, 3.63) is 41.1 Å². The lowest BCUT2D eigenvalue weighted by Gasteiger charge is -2.12. The molecule has 0 amide bonds. The third-order valence-corrected chi connectivity index (χ3v) is 3.61. The third kappa shape index (κ3) is 5.80. The first kappa shape index (κ1) is 21.1. The predicted octanol–water partition coefficient (Wildman–Crippen LogP) is 2.79. The molecule has 1 aromatic carbocycles. The lowest BCUT2D eigenvalue weighted by molar-refractivity contribution is 0.354. The molecule has 0 aliphatic heterocycles. The molecule has 25 heavy (non-hydrogen) atoms. The maximum atomic E-state index is 5.54. The van der Waals surface area contributed by atoms with Gasteiger partial charge in [0.2, 0.25) is 5.89 Å². The highest BCUT2D eigenvalue weighted by molar-refractivity contribution is 14.0. The summed E-state index contributed by atoms with van der Waals surface area (Å²) in [6.45, 7) is 4.90. The first-order valence-electron chi connectivity index (χ1n) is 7.65. The van der Waals surface area contributed by atoms with Crippen LogP contribution in [0.4, 0.5) is 0 Å². The van der Waals surface area contributed by atoms with Crippen molar-refractivity contribution in [2.24, 2.45) is 4.99 Å². The third-order valence-electron chi connectivity index (χ3n) is 3.61. The van der Waals surface area contributed by atoms with Crippen LogP contribution in [0.15, 0.2) is 27.6 Å². The van der Waals surface area contributed by atoms with Gasteiger partial charge in [0.15, 0.2) is 17.5 Å². The van der Waals surface area contributed by atoms with E-state index >= 15 is 0 Å². The van der Waals surface area contributed by atoms with Crippen molar-refractivity contribution >= 4 is 29.9 Å². The summed E-state index contributed by atoms with van der Waals surface area (Å²) >= 11 is 0. The Kier molecular flexibility index (Phi) is 8.53. The van der Waals surface area contributed by atoms with E-state index in [2.05, 4.69) is 20.6 Å². The number of rotatable bonds is 6. The number of aromatic nitrogens is 1. The molecule has 0 atom stereocenters. The maximum absolute atomic E-state index is 5.54. The van der Waals surface area contributed by atoms with Gasteiger partial charge in [-0.1, -0.05) is 6.07 Å². The minimum atomic E-state index is 0. The quantitative estimate of drug-likeness (QED) is 0.392. The standard InChI is InChI=1S/C17H24N4O3.HI/c1-11-12(2)24-16(21-11)10-20-17(18-3)19-9-13-6-7-14(22-4)15(8-13)23-5;/h6-8H,9-10H2,1-5H3,(H2,18,19,20);1H. The molecule has 0 saturated carbocycles. The fourth-order valence-electron chi connectivity index (χ4n) is 2.17. The van der Waals surface area contributed by atoms with E-state index in [0.29, 0.717) is 36.4 Å². The second-order valence-corrected chi connectivity index (χ2v) is 5.22. The number of halogens is 1. The molecule has 0 fully saturated rings. The van der Waals surface area contributed by atoms with Gasteiger partial charge in [-0.2, -0.15) is 0 Å². The molecular weight excluding hydrogens is 435 g/mol. The van der Waals surface area contributed by atoms with Crippen molar-refractivity contribution in [1.29, 1.82) is 0 Å². The van der Waals surface area contributed by atoms with Crippen LogP contribution < -0.4 is 20.1 Å². The molecule has 0 aliphatic rings. The van der Waals surface area contributed by atoms with Crippen molar-refractivity contribution in [2.45, 2.75) is 26.9 Å². The summed E-state index contributed by atoms with van der Waals surface area (Å²) in [5.74, 6) is 3.54. The van der Waals surface area contributed by atoms with E-state index in [9.17, 15) is 0 Å². The molecule has 1 heterocycles. The molecule has 0 radical (unpaired) electrons. The molecule has 8 heteroatoms. The number of guanidine groups is 1. The molecule has 0 unspecified atom stereocenters. The summed E-state index contributed by atoms with van der Waals surface area (Å²) in [5.41, 5.74) is 1.96. The fraction of sp³-hybridized carbons (Fsp3) is 0.412. The number of methoxy groups -OCH3 is 2. The Morgan fingerprint density at radius 2 is 1.80 bits per heavy atom. The lowest BCUT2D eigenvalue weighted by atomic mass is 10.2. The number of ether oxygens (including phenoxy) is 2. The average molecular weight is 460 g/mol. The highest BCUT2D eigenvalue weighted by atomic mass is 127. The molecule has 7 nitrogen and oxygen atoms in total. The Bertz CT molecular complexity index is 696. The van der Waals surface area contributed by atoms with Gasteiger partial charge >= 0.3 is 0 Å². The molecule has 0 aliphatic carbocycles. The van der Waals surface area contributed by atoms with Gasteiger partial charge in [0.05, 0.1) is 26.5 Å². The number of hydrogen-bond donors (Lipinski definition) is 2. The van der Waals surface area contributed by atoms with Gasteiger partial charge in [0.1, 0.15) is 5.76 Å². The van der Waals surface area contributed by atoms with Gasteiger partial charge in [0, 0.05) is 13.6 Å². The van der Waals surface area contributed by atoms with Gasteiger partial charge < -0.3 is 24.5 Å². The highest BCUT2D eigenvalue weighted by Crippen LogP contribution is 2.27. The van der Waals surface area contributed by atoms with Gasteiger partial charge in [-0.05, 0) is 31.5 Å². The van der Waals surface area contributed by atoms with Crippen LogP contribution in [0.5, 0.6) is 11.5 Å². The van der Waals surface area contributed by atoms with Crippen LogP contribution >= 0.6 is 24.0 Å². The zero-order valence-corrected chi connectivity index (χ0v) is 17.5. The van der Waals surface area contributed by atoms with Gasteiger partial charge in [-0.25, -0.2) is 4.98 Å². The van der Waals surface area contributed by atoms with Gasteiger partial charge in [-0.15, -0.1) is 24.0 Å². The Morgan fingerprint density at radius 3 is 2.36 bits per heavy atom. The Balaban J connectivity index is 0.00000312. The van der Waals surface area contributed by atoms with Crippen LogP contribution in [0.1, 0.15) is 22.9 Å². The first-order chi connectivity index (χ1) is 11.6. The molecule has 0 bridgehead atoms. The molecule has 0 saturated heterocycles. The number of nitrogens with one attached hydrogen (secondary N) is 2. The number of nitrogens with zero attached hydrogens (tertiary/aromatic N) is 2. The number of aliphatic imine (C=N–C) groups is 1. The van der Waals surface area contributed by atoms with E-state index in [-0.39, 0.29) is 24.0 Å². The monoisotopic (exact) mass is 460 g/mol. The predicted molar refractivity (Wildman–Crippen MR) is 108 cm³/mol. The summed E-state index contributed by atoms with van der Waals surface area (Å²) in [5, 5.41) is 6.41. The molecule has 2 rings (SSSR count). The minimum absolute atomic E-state index is 0. The van der Waals surface area contributed by atoms with E-state index < -0.39 is 0 Å². The van der Waals surface area contributed by atoms with Gasteiger partial charge in [0.25, 0.3) is 0 Å². The van der Waals surface area contributed by atoms with E-state index in [1.807, 2.05) is 32.0 Å². The smallest absolute Gasteiger partial charge is 0.214 e. The van der Waals surface area contributed by atoms with Crippen molar-refractivity contribution in [1.82, 2.24) is 15.6 Å². The highest BCUT2D eigenvalue weighted by Gasteiger charge is 2.08. The van der Waals surface area contributed by atoms with Crippen LogP contribution in [0.2, 0.25) is 0 Å². The second kappa shape index (κ2) is 10.1. The number of oxazole rings is 1. The summed E-state index contributed by atoms with van der Waals surface area (Å²) < 4.78 is 16.1. The number of benzene rings is 1. The Morgan fingerprint density at radius 1 is 1.12 bits per heavy atom. The van der Waals surface area contributed by atoms with Crippen molar-refractivity contribution in [3.8, 4) is 11.5 Å². The van der Waals surface area contributed by atoms with Crippen molar-refractivity contribution < 1.29 is 13.9 Å². The fourth-order valence-corrected chi connectivity index (χ4v) is 2.17. The lowest BCUT2D eigenvalue weighted by Crippen LogP contribution is -2.36. The summed E-state index contributed by atoms with van der Waals surface area (Å²) in [4.78, 5) is 8.53. The summed E-state index contributed by atoms with van der Waals surface area (Å²) in [6.07, 6.45) is 0. The van der Waals surface area contributed by atoms with Crippen LogP contribution in [0.3, 0.4) is 0 Å². The maximum Gasteiger partial charge on any atom is 0.214 e. The number of hydrogen-bond acceptors (Lipinski definition) is 5. The van der Waals surface area contributed by atoms with E-state index in [4.69, 9.17) is 13.9 Å². The molecule has 138 valence electrons. The van der Waals surface area contributed by atoms with Crippen LogP contribution in [0, 0.1) is 13.8 Å². The Labute approximate surface area is 165 Å². The average Bonchev–Trinajstić information content (AvgIpc) is 2.92. The number of aryl methyl sites for hydroxylation is 2. The van der Waals surface area contributed by atoms with Crippen LogP contribution in [-0.2, 0) is 13.1 Å². The van der Waals surface area contributed by atoms with E-state index in [1.165, 1.54) is 0 Å². The normalized spacial score (nSPS) is 10.8. The van der Waals surface area contributed by atoms with E-state index in [0.717, 1.165) is 17.0 Å². The second-order valence-electron chi connectivity index (χ2n) is 5.22. The largest absolute Gasteiger partial charge is 0.493 e. The van der Waals surface area contributed by atoms with Crippen molar-refractivity contribution in [3.63, 3.8) is 0 Å². The molecule has 1 aromatic heterocycles. The zero-order valence-electron chi connectivity index (χ0n) is 15.2. The molecular formula is C17H25IN4O3. The first-order valence-corrected chi connectivity index (χ1v) is 7.65. The van der Waals surface area contributed by atoms with E-state index in [1.54, 1.807) is 21.3 Å². The summed E-state index contributed by atoms with van der Waals surface area (Å²) in [7, 11) is 4.96. The molecule has 2 aromatic rings. The SMILES string of the molecule is CN=C(NCc1ccc(OC)c(OC)c1)NCc1nc(C)c(C)o1.I. The zero-order chi connectivity index (χ0) is 17.5. The Hall–Kier alpha value is -1.97. The summed E-state index contributed by atoms with van der Waals surface area (Å²) in [6, 6.07) is 5.78. The minimum Gasteiger partial charge on any atom is -0.493 e. The van der Waals surface area contributed by atoms with Crippen LogP contribution in [0.25, 0.3) is 0 Å². The topological polar surface area (TPSA) is 80.9 Å².